The molecule has 4 aromatic rings. The highest BCUT2D eigenvalue weighted by atomic mass is 32.2. The van der Waals surface area contributed by atoms with Crippen LogP contribution in [-0.2, 0) is 9.84 Å². The fourth-order valence-electron chi connectivity index (χ4n) is 3.97. The van der Waals surface area contributed by atoms with Crippen LogP contribution >= 0.6 is 0 Å². The molecule has 0 radical (unpaired) electrons. The van der Waals surface area contributed by atoms with Gasteiger partial charge in [0.15, 0.2) is 15.5 Å². The Labute approximate surface area is 162 Å². The van der Waals surface area contributed by atoms with Crippen molar-refractivity contribution in [1.29, 1.82) is 0 Å². The van der Waals surface area contributed by atoms with Crippen LogP contribution in [0.3, 0.4) is 0 Å². The highest BCUT2D eigenvalue weighted by Gasteiger charge is 2.31. The van der Waals surface area contributed by atoms with Gasteiger partial charge in [0.05, 0.1) is 34.3 Å². The van der Waals surface area contributed by atoms with Gasteiger partial charge in [-0.2, -0.15) is 5.10 Å². The van der Waals surface area contributed by atoms with Crippen LogP contribution < -0.4 is 0 Å². The molecule has 5 rings (SSSR count). The number of rotatable bonds is 2. The second-order valence-electron chi connectivity index (χ2n) is 7.39. The number of benzene rings is 1. The average molecular weight is 393 g/mol. The molecule has 0 amide bonds. The van der Waals surface area contributed by atoms with Crippen molar-refractivity contribution in [3.63, 3.8) is 0 Å². The maximum Gasteiger partial charge on any atom is 0.158 e. The summed E-state index contributed by atoms with van der Waals surface area (Å²) in [6.45, 7) is 3.99. The maximum atomic E-state index is 11.9. The minimum atomic E-state index is -2.98. The Hall–Kier alpha value is -2.87. The Kier molecular flexibility index (Phi) is 3.74. The van der Waals surface area contributed by atoms with E-state index in [4.69, 9.17) is 0 Å². The molecule has 0 saturated carbocycles. The first-order chi connectivity index (χ1) is 13.4. The molecule has 1 aromatic carbocycles. The summed E-state index contributed by atoms with van der Waals surface area (Å²) in [5.41, 5.74) is 6.43. The van der Waals surface area contributed by atoms with Crippen LogP contribution in [0.1, 0.15) is 23.7 Å². The number of pyridine rings is 1. The number of aryl methyl sites for hydroxylation is 2. The molecular weight excluding hydrogens is 374 g/mol. The summed E-state index contributed by atoms with van der Waals surface area (Å²) in [7, 11) is -2.98. The van der Waals surface area contributed by atoms with Gasteiger partial charge in [-0.25, -0.2) is 18.1 Å². The molecule has 8 heteroatoms. The Morgan fingerprint density at radius 2 is 1.79 bits per heavy atom. The lowest BCUT2D eigenvalue weighted by Crippen LogP contribution is -2.13. The largest absolute Gasteiger partial charge is 0.253 e. The Balaban J connectivity index is 1.63. The molecule has 0 spiro atoms. The summed E-state index contributed by atoms with van der Waals surface area (Å²) < 4.78 is 25.5. The van der Waals surface area contributed by atoms with Gasteiger partial charge in [-0.1, -0.05) is 0 Å². The molecule has 0 N–H and O–H groups in total. The highest BCUT2D eigenvalue weighted by Crippen LogP contribution is 2.32. The zero-order valence-electron chi connectivity index (χ0n) is 15.6. The van der Waals surface area contributed by atoms with Crippen LogP contribution in [0.15, 0.2) is 36.8 Å². The fraction of sp³-hybridized carbons (Fsp3) is 0.300. The zero-order chi connectivity index (χ0) is 19.5. The van der Waals surface area contributed by atoms with Crippen LogP contribution in [0.5, 0.6) is 0 Å². The van der Waals surface area contributed by atoms with E-state index in [9.17, 15) is 8.42 Å². The summed E-state index contributed by atoms with van der Waals surface area (Å²) in [6, 6.07) is 6.00. The number of nitrogens with zero attached hydrogens (tertiary/aromatic N) is 5. The van der Waals surface area contributed by atoms with Crippen molar-refractivity contribution in [3.8, 4) is 11.1 Å². The summed E-state index contributed by atoms with van der Waals surface area (Å²) in [6.07, 6.45) is 5.79. The Morgan fingerprint density at radius 1 is 1.04 bits per heavy atom. The molecule has 1 aliphatic rings. The number of hydrogen-bond donors (Lipinski definition) is 0. The normalized spacial score (nSPS) is 18.9. The monoisotopic (exact) mass is 393 g/mol. The summed E-state index contributed by atoms with van der Waals surface area (Å²) in [4.78, 5) is 13.4. The van der Waals surface area contributed by atoms with E-state index in [0.29, 0.717) is 6.42 Å². The van der Waals surface area contributed by atoms with Crippen molar-refractivity contribution in [2.75, 3.05) is 11.5 Å². The molecule has 7 nitrogen and oxygen atoms in total. The highest BCUT2D eigenvalue weighted by molar-refractivity contribution is 7.91. The molecule has 1 unspecified atom stereocenters. The van der Waals surface area contributed by atoms with Gasteiger partial charge in [-0.15, -0.1) is 0 Å². The van der Waals surface area contributed by atoms with Crippen molar-refractivity contribution in [2.45, 2.75) is 26.3 Å². The summed E-state index contributed by atoms with van der Waals surface area (Å²) in [5.74, 6) is 0.350. The minimum absolute atomic E-state index is 0.134. The van der Waals surface area contributed by atoms with Crippen LogP contribution in [0, 0.1) is 13.8 Å². The van der Waals surface area contributed by atoms with Crippen molar-refractivity contribution in [2.24, 2.45) is 0 Å². The lowest BCUT2D eigenvalue weighted by molar-refractivity contribution is 0.509. The van der Waals surface area contributed by atoms with Crippen molar-refractivity contribution < 1.29 is 8.42 Å². The molecule has 28 heavy (non-hydrogen) atoms. The van der Waals surface area contributed by atoms with Gasteiger partial charge in [-0.05, 0) is 49.6 Å². The predicted molar refractivity (Wildman–Crippen MR) is 108 cm³/mol. The topological polar surface area (TPSA) is 90.6 Å². The van der Waals surface area contributed by atoms with Crippen molar-refractivity contribution in [1.82, 2.24) is 24.7 Å². The summed E-state index contributed by atoms with van der Waals surface area (Å²) >= 11 is 0. The van der Waals surface area contributed by atoms with Gasteiger partial charge in [0.1, 0.15) is 0 Å². The van der Waals surface area contributed by atoms with E-state index in [1.165, 1.54) is 0 Å². The van der Waals surface area contributed by atoms with Gasteiger partial charge < -0.3 is 0 Å². The third-order valence-corrected chi connectivity index (χ3v) is 7.16. The van der Waals surface area contributed by atoms with Gasteiger partial charge in [0, 0.05) is 29.5 Å². The third-order valence-electron chi connectivity index (χ3n) is 5.41. The molecule has 0 aliphatic carbocycles. The van der Waals surface area contributed by atoms with Gasteiger partial charge in [-0.3, -0.25) is 9.97 Å². The molecule has 0 bridgehead atoms. The number of fused-ring (bicyclic) bond motifs is 2. The van der Waals surface area contributed by atoms with E-state index >= 15 is 0 Å². The first kappa shape index (κ1) is 17.2. The molecule has 1 saturated heterocycles. The zero-order valence-corrected chi connectivity index (χ0v) is 16.4. The van der Waals surface area contributed by atoms with E-state index in [-0.39, 0.29) is 17.5 Å². The lowest BCUT2D eigenvalue weighted by Gasteiger charge is -2.10. The SMILES string of the molecule is Cc1cc2nccnc2cc1-c1cnc2c(c1)c(C)nn2C1CCS(=O)(=O)C1. The van der Waals surface area contributed by atoms with Crippen LogP contribution in [0.2, 0.25) is 0 Å². The Morgan fingerprint density at radius 3 is 2.50 bits per heavy atom. The van der Waals surface area contributed by atoms with E-state index < -0.39 is 9.84 Å². The smallest absolute Gasteiger partial charge is 0.158 e. The van der Waals surface area contributed by atoms with E-state index in [1.807, 2.05) is 32.2 Å². The van der Waals surface area contributed by atoms with Crippen LogP contribution in [0.4, 0.5) is 0 Å². The molecule has 3 aromatic heterocycles. The second kappa shape index (κ2) is 6.07. The molecule has 142 valence electrons. The number of hydrogen-bond acceptors (Lipinski definition) is 6. The van der Waals surface area contributed by atoms with E-state index in [1.54, 1.807) is 17.1 Å². The van der Waals surface area contributed by atoms with Crippen molar-refractivity contribution >= 4 is 31.9 Å². The van der Waals surface area contributed by atoms with Crippen LogP contribution in [-0.4, -0.2) is 44.7 Å². The first-order valence-electron chi connectivity index (χ1n) is 9.18. The number of aromatic nitrogens is 5. The quantitative estimate of drug-likeness (QED) is 0.520. The molecule has 1 atom stereocenters. The van der Waals surface area contributed by atoms with Gasteiger partial charge in [0.2, 0.25) is 0 Å². The molecule has 1 fully saturated rings. The van der Waals surface area contributed by atoms with E-state index in [0.717, 1.165) is 44.5 Å². The molecule has 1 aliphatic heterocycles. The predicted octanol–water partition coefficient (Wildman–Crippen LogP) is 3.02. The van der Waals surface area contributed by atoms with Gasteiger partial charge >= 0.3 is 0 Å². The maximum absolute atomic E-state index is 11.9. The standard InChI is InChI=1S/C20H19N5O2S/c1-12-7-18-19(22-5-4-21-18)9-16(12)14-8-17-13(2)24-25(20(17)23-10-14)15-3-6-28(26,27)11-15/h4-5,7-10,15H,3,6,11H2,1-2H3. The van der Waals surface area contributed by atoms with Crippen LogP contribution in [0.25, 0.3) is 33.2 Å². The van der Waals surface area contributed by atoms with Gasteiger partial charge in [0.25, 0.3) is 0 Å². The van der Waals surface area contributed by atoms with E-state index in [2.05, 4.69) is 26.1 Å². The summed E-state index contributed by atoms with van der Waals surface area (Å²) in [5, 5.41) is 5.56. The first-order valence-corrected chi connectivity index (χ1v) is 11.0. The fourth-order valence-corrected chi connectivity index (χ4v) is 5.66. The number of sulfone groups is 1. The third kappa shape index (κ3) is 2.75. The lowest BCUT2D eigenvalue weighted by atomic mass is 10.00. The minimum Gasteiger partial charge on any atom is -0.253 e. The Bertz CT molecular complexity index is 1340. The molecular formula is C20H19N5O2S. The second-order valence-corrected chi connectivity index (χ2v) is 9.62. The van der Waals surface area contributed by atoms with Crippen molar-refractivity contribution in [3.05, 3.63) is 48.0 Å². The molecule has 4 heterocycles. The average Bonchev–Trinajstić information content (AvgIpc) is 3.20.